The highest BCUT2D eigenvalue weighted by Crippen LogP contribution is 2.24. The van der Waals surface area contributed by atoms with Crippen LogP contribution in [0.15, 0.2) is 15.9 Å². The van der Waals surface area contributed by atoms with Crippen molar-refractivity contribution in [2.24, 2.45) is 5.73 Å². The zero-order chi connectivity index (χ0) is 11.1. The summed E-state index contributed by atoms with van der Waals surface area (Å²) in [5.74, 6) is 0. The normalized spacial score (nSPS) is 11.2. The van der Waals surface area contributed by atoms with E-state index in [1.165, 1.54) is 22.2 Å². The van der Waals surface area contributed by atoms with Crippen LogP contribution in [0.25, 0.3) is 0 Å². The highest BCUT2D eigenvalue weighted by molar-refractivity contribution is 9.10. The van der Waals surface area contributed by atoms with E-state index in [4.69, 9.17) is 5.73 Å². The molecule has 0 atom stereocenters. The molecule has 0 unspecified atom stereocenters. The van der Waals surface area contributed by atoms with Crippen LogP contribution in [-0.4, -0.2) is 24.5 Å². The first kappa shape index (κ1) is 13.2. The topological polar surface area (TPSA) is 29.3 Å². The molecule has 0 aromatic carbocycles. The van der Waals surface area contributed by atoms with Crippen LogP contribution in [0, 0.1) is 0 Å². The lowest BCUT2D eigenvalue weighted by atomic mass is 10.3. The van der Waals surface area contributed by atoms with E-state index in [1.807, 2.05) is 11.3 Å². The van der Waals surface area contributed by atoms with Crippen molar-refractivity contribution in [2.45, 2.75) is 26.3 Å². The largest absolute Gasteiger partial charge is 0.329 e. The lowest BCUT2D eigenvalue weighted by Crippen LogP contribution is -2.29. The second-order valence-corrected chi connectivity index (χ2v) is 5.47. The summed E-state index contributed by atoms with van der Waals surface area (Å²) in [6.07, 6.45) is 2.50. The Kier molecular flexibility index (Phi) is 6.48. The minimum absolute atomic E-state index is 0.743. The Labute approximate surface area is 105 Å². The first-order chi connectivity index (χ1) is 7.27. The van der Waals surface area contributed by atoms with E-state index in [2.05, 4.69) is 39.2 Å². The van der Waals surface area contributed by atoms with Crippen molar-refractivity contribution < 1.29 is 0 Å². The maximum Gasteiger partial charge on any atom is 0.0339 e. The third-order valence-corrected chi connectivity index (χ3v) is 4.24. The van der Waals surface area contributed by atoms with Gasteiger partial charge in [-0.05, 0) is 40.3 Å². The molecule has 1 heterocycles. The predicted molar refractivity (Wildman–Crippen MR) is 71.3 cm³/mol. The monoisotopic (exact) mass is 290 g/mol. The van der Waals surface area contributed by atoms with E-state index < -0.39 is 0 Å². The molecule has 0 aliphatic rings. The fourth-order valence-electron chi connectivity index (χ4n) is 1.48. The second kappa shape index (κ2) is 7.39. The quantitative estimate of drug-likeness (QED) is 0.836. The number of nitrogens with zero attached hydrogens (tertiary/aromatic N) is 1. The highest BCUT2D eigenvalue weighted by Gasteiger charge is 2.08. The Morgan fingerprint density at radius 2 is 2.27 bits per heavy atom. The van der Waals surface area contributed by atoms with Gasteiger partial charge in [0.05, 0.1) is 0 Å². The molecule has 4 heteroatoms. The number of hydrogen-bond donors (Lipinski definition) is 1. The standard InChI is InChI=1S/C11H19BrN2S/c1-2-3-6-14(7-5-13)9-11-10(12)4-8-15-11/h4,8H,2-3,5-7,9,13H2,1H3. The molecule has 1 aromatic rings. The van der Waals surface area contributed by atoms with Gasteiger partial charge in [-0.15, -0.1) is 11.3 Å². The summed E-state index contributed by atoms with van der Waals surface area (Å²) in [5.41, 5.74) is 5.62. The molecule has 0 saturated carbocycles. The summed E-state index contributed by atoms with van der Waals surface area (Å²) in [6, 6.07) is 2.11. The van der Waals surface area contributed by atoms with Gasteiger partial charge < -0.3 is 5.73 Å². The van der Waals surface area contributed by atoms with Crippen molar-refractivity contribution in [1.29, 1.82) is 0 Å². The number of thiophene rings is 1. The van der Waals surface area contributed by atoms with Gasteiger partial charge >= 0.3 is 0 Å². The molecule has 1 rings (SSSR count). The smallest absolute Gasteiger partial charge is 0.0339 e. The Hall–Kier alpha value is 0.100. The van der Waals surface area contributed by atoms with Crippen molar-refractivity contribution in [1.82, 2.24) is 4.90 Å². The van der Waals surface area contributed by atoms with Crippen molar-refractivity contribution >= 4 is 27.3 Å². The molecular weight excluding hydrogens is 272 g/mol. The van der Waals surface area contributed by atoms with E-state index in [-0.39, 0.29) is 0 Å². The first-order valence-electron chi connectivity index (χ1n) is 5.42. The molecule has 15 heavy (non-hydrogen) atoms. The average Bonchev–Trinajstić information content (AvgIpc) is 2.61. The maximum atomic E-state index is 5.62. The van der Waals surface area contributed by atoms with Gasteiger partial charge in [0.25, 0.3) is 0 Å². The van der Waals surface area contributed by atoms with Gasteiger partial charge in [0, 0.05) is 29.0 Å². The third kappa shape index (κ3) is 4.64. The number of nitrogens with two attached hydrogens (primary N) is 1. The fourth-order valence-corrected chi connectivity index (χ4v) is 2.99. The molecule has 0 spiro atoms. The van der Waals surface area contributed by atoms with Crippen LogP contribution in [0.2, 0.25) is 0 Å². The summed E-state index contributed by atoms with van der Waals surface area (Å²) in [4.78, 5) is 3.83. The van der Waals surface area contributed by atoms with Crippen LogP contribution in [0.1, 0.15) is 24.6 Å². The van der Waals surface area contributed by atoms with E-state index >= 15 is 0 Å². The lowest BCUT2D eigenvalue weighted by molar-refractivity contribution is 0.270. The number of rotatable bonds is 7. The Balaban J connectivity index is 2.46. The Bertz CT molecular complexity index is 275. The molecule has 1 aromatic heterocycles. The third-order valence-electron chi connectivity index (χ3n) is 2.33. The molecule has 0 aliphatic carbocycles. The number of halogens is 1. The first-order valence-corrected chi connectivity index (χ1v) is 7.09. The van der Waals surface area contributed by atoms with Crippen molar-refractivity contribution in [2.75, 3.05) is 19.6 Å². The summed E-state index contributed by atoms with van der Waals surface area (Å²) < 4.78 is 1.23. The number of unbranched alkanes of at least 4 members (excludes halogenated alkanes) is 1. The molecule has 86 valence electrons. The molecule has 0 bridgehead atoms. The fraction of sp³-hybridized carbons (Fsp3) is 0.636. The van der Waals surface area contributed by atoms with Crippen molar-refractivity contribution in [3.05, 3.63) is 20.8 Å². The van der Waals surface area contributed by atoms with E-state index in [0.29, 0.717) is 0 Å². The lowest BCUT2D eigenvalue weighted by Gasteiger charge is -2.20. The van der Waals surface area contributed by atoms with Crippen LogP contribution in [0.4, 0.5) is 0 Å². The average molecular weight is 291 g/mol. The summed E-state index contributed by atoms with van der Waals surface area (Å²) in [7, 11) is 0. The number of hydrogen-bond acceptors (Lipinski definition) is 3. The SMILES string of the molecule is CCCCN(CCN)Cc1sccc1Br. The van der Waals surface area contributed by atoms with E-state index in [1.54, 1.807) is 0 Å². The molecule has 0 amide bonds. The Morgan fingerprint density at radius 1 is 1.47 bits per heavy atom. The van der Waals surface area contributed by atoms with Gasteiger partial charge in [-0.25, -0.2) is 0 Å². The summed E-state index contributed by atoms with van der Waals surface area (Å²) >= 11 is 5.37. The van der Waals surface area contributed by atoms with Crippen molar-refractivity contribution in [3.8, 4) is 0 Å². The van der Waals surface area contributed by atoms with Crippen molar-refractivity contribution in [3.63, 3.8) is 0 Å². The summed E-state index contributed by atoms with van der Waals surface area (Å²) in [6.45, 7) is 6.13. The summed E-state index contributed by atoms with van der Waals surface area (Å²) in [5, 5.41) is 2.12. The molecule has 0 radical (unpaired) electrons. The second-order valence-electron chi connectivity index (χ2n) is 3.61. The van der Waals surface area contributed by atoms with Crippen LogP contribution >= 0.6 is 27.3 Å². The zero-order valence-electron chi connectivity index (χ0n) is 9.21. The van der Waals surface area contributed by atoms with Crippen LogP contribution in [0.5, 0.6) is 0 Å². The zero-order valence-corrected chi connectivity index (χ0v) is 11.6. The molecule has 2 N–H and O–H groups in total. The molecule has 2 nitrogen and oxygen atoms in total. The minimum atomic E-state index is 0.743. The molecular formula is C11H19BrN2S. The van der Waals surface area contributed by atoms with Crippen LogP contribution in [0.3, 0.4) is 0 Å². The molecule has 0 saturated heterocycles. The van der Waals surface area contributed by atoms with Gasteiger partial charge in [-0.3, -0.25) is 4.90 Å². The van der Waals surface area contributed by atoms with Crippen LogP contribution in [-0.2, 0) is 6.54 Å². The van der Waals surface area contributed by atoms with Gasteiger partial charge in [-0.1, -0.05) is 13.3 Å². The molecule has 0 fully saturated rings. The minimum Gasteiger partial charge on any atom is -0.329 e. The highest BCUT2D eigenvalue weighted by atomic mass is 79.9. The Morgan fingerprint density at radius 3 is 2.80 bits per heavy atom. The van der Waals surface area contributed by atoms with Gasteiger partial charge in [0.2, 0.25) is 0 Å². The predicted octanol–water partition coefficient (Wildman–Crippen LogP) is 3.07. The van der Waals surface area contributed by atoms with Gasteiger partial charge in [0.15, 0.2) is 0 Å². The molecule has 0 aliphatic heterocycles. The van der Waals surface area contributed by atoms with E-state index in [0.717, 1.165) is 26.2 Å². The van der Waals surface area contributed by atoms with Crippen LogP contribution < -0.4 is 5.73 Å². The van der Waals surface area contributed by atoms with Gasteiger partial charge in [-0.2, -0.15) is 0 Å². The van der Waals surface area contributed by atoms with Gasteiger partial charge in [0.1, 0.15) is 0 Å². The maximum absolute atomic E-state index is 5.62. The van der Waals surface area contributed by atoms with E-state index in [9.17, 15) is 0 Å².